The van der Waals surface area contributed by atoms with E-state index in [2.05, 4.69) is 15.9 Å². The molecule has 1 rings (SSSR count). The Kier molecular flexibility index (Phi) is 3.59. The van der Waals surface area contributed by atoms with Crippen molar-refractivity contribution < 1.29 is 23.1 Å². The van der Waals surface area contributed by atoms with Crippen molar-refractivity contribution in [2.75, 3.05) is 6.54 Å². The number of benzene rings is 1. The Morgan fingerprint density at radius 1 is 1.44 bits per heavy atom. The van der Waals surface area contributed by atoms with Crippen LogP contribution in [0.25, 0.3) is 0 Å². The summed E-state index contributed by atoms with van der Waals surface area (Å²) in [6, 6.07) is 1.28. The Morgan fingerprint density at radius 2 is 2.00 bits per heavy atom. The molecule has 16 heavy (non-hydrogen) atoms. The summed E-state index contributed by atoms with van der Waals surface area (Å²) in [6.07, 6.45) is -4.58. The van der Waals surface area contributed by atoms with Crippen LogP contribution in [-0.4, -0.2) is 17.4 Å². The topological polar surface area (TPSA) is 63.3 Å². The molecule has 3 N–H and O–H groups in total. The second-order valence-corrected chi connectivity index (χ2v) is 3.83. The molecule has 0 spiro atoms. The largest absolute Gasteiger partial charge is 0.506 e. The molecular formula is C9H7BrF3NO2. The number of phenolic OH excluding ortho intramolecular Hbond substituents is 1. The number of rotatable bonds is 2. The standard InChI is InChI=1S/C9H7BrF3NO2/c10-6-2-4(9(11,12)13)1-5(8(6)16)7(15)3-14/h1-2,16H,3,14H2. The zero-order chi connectivity index (χ0) is 12.5. The third-order valence-electron chi connectivity index (χ3n) is 1.88. The first-order valence-electron chi connectivity index (χ1n) is 4.10. The lowest BCUT2D eigenvalue weighted by atomic mass is 10.1. The molecule has 0 aliphatic carbocycles. The fourth-order valence-corrected chi connectivity index (χ4v) is 1.55. The van der Waals surface area contributed by atoms with Crippen LogP contribution in [0.15, 0.2) is 16.6 Å². The highest BCUT2D eigenvalue weighted by Crippen LogP contribution is 2.37. The van der Waals surface area contributed by atoms with Crippen LogP contribution < -0.4 is 5.73 Å². The first kappa shape index (κ1) is 13.0. The zero-order valence-corrected chi connectivity index (χ0v) is 9.39. The van der Waals surface area contributed by atoms with Crippen LogP contribution >= 0.6 is 15.9 Å². The summed E-state index contributed by atoms with van der Waals surface area (Å²) in [4.78, 5) is 11.2. The van der Waals surface area contributed by atoms with Crippen molar-refractivity contribution >= 4 is 21.7 Å². The number of alkyl halides is 3. The molecule has 0 fully saturated rings. The number of ketones is 1. The molecule has 7 heteroatoms. The Hall–Kier alpha value is -1.08. The molecule has 0 unspecified atom stereocenters. The number of carbonyl (C=O) groups is 1. The predicted molar refractivity (Wildman–Crippen MR) is 54.2 cm³/mol. The summed E-state index contributed by atoms with van der Waals surface area (Å²) in [5.41, 5.74) is 3.56. The Labute approximate surface area is 97.2 Å². The van der Waals surface area contributed by atoms with Crippen molar-refractivity contribution in [3.8, 4) is 5.75 Å². The van der Waals surface area contributed by atoms with Crippen molar-refractivity contribution in [3.05, 3.63) is 27.7 Å². The number of aromatic hydroxyl groups is 1. The van der Waals surface area contributed by atoms with Gasteiger partial charge in [-0.2, -0.15) is 13.2 Å². The maximum Gasteiger partial charge on any atom is 0.416 e. The smallest absolute Gasteiger partial charge is 0.416 e. The number of phenols is 1. The minimum atomic E-state index is -4.58. The molecule has 0 aliphatic rings. The van der Waals surface area contributed by atoms with Gasteiger partial charge in [-0.1, -0.05) is 0 Å². The van der Waals surface area contributed by atoms with E-state index in [1.807, 2.05) is 0 Å². The fraction of sp³-hybridized carbons (Fsp3) is 0.222. The van der Waals surface area contributed by atoms with Crippen molar-refractivity contribution in [1.82, 2.24) is 0 Å². The van der Waals surface area contributed by atoms with Gasteiger partial charge in [0, 0.05) is 0 Å². The van der Waals surface area contributed by atoms with E-state index < -0.39 is 35.4 Å². The van der Waals surface area contributed by atoms with E-state index in [1.54, 1.807) is 0 Å². The van der Waals surface area contributed by atoms with Gasteiger partial charge >= 0.3 is 6.18 Å². The van der Waals surface area contributed by atoms with Crippen LogP contribution in [-0.2, 0) is 6.18 Å². The lowest BCUT2D eigenvalue weighted by molar-refractivity contribution is -0.137. The Balaban J connectivity index is 3.39. The average Bonchev–Trinajstić information content (AvgIpc) is 2.19. The van der Waals surface area contributed by atoms with Crippen molar-refractivity contribution in [3.63, 3.8) is 0 Å². The summed E-state index contributed by atoms with van der Waals surface area (Å²) in [5.74, 6) is -1.30. The highest BCUT2D eigenvalue weighted by atomic mass is 79.9. The Morgan fingerprint density at radius 3 is 2.44 bits per heavy atom. The van der Waals surface area contributed by atoms with E-state index in [0.717, 1.165) is 0 Å². The van der Waals surface area contributed by atoms with E-state index in [9.17, 15) is 23.1 Å². The van der Waals surface area contributed by atoms with Gasteiger partial charge < -0.3 is 10.8 Å². The Bertz CT molecular complexity index is 431. The van der Waals surface area contributed by atoms with E-state index in [1.165, 1.54) is 0 Å². The lowest BCUT2D eigenvalue weighted by Crippen LogP contribution is -2.15. The molecule has 0 aromatic heterocycles. The molecule has 0 saturated carbocycles. The number of halogens is 4. The van der Waals surface area contributed by atoms with E-state index in [-0.39, 0.29) is 4.47 Å². The van der Waals surface area contributed by atoms with Crippen molar-refractivity contribution in [1.29, 1.82) is 0 Å². The fourth-order valence-electron chi connectivity index (χ4n) is 1.09. The van der Waals surface area contributed by atoms with E-state index in [0.29, 0.717) is 12.1 Å². The van der Waals surface area contributed by atoms with Crippen LogP contribution in [0, 0.1) is 0 Å². The molecule has 0 bridgehead atoms. The van der Waals surface area contributed by atoms with Gasteiger partial charge in [-0.25, -0.2) is 0 Å². The van der Waals surface area contributed by atoms with Gasteiger partial charge in [-0.3, -0.25) is 4.79 Å². The molecule has 0 amide bonds. The first-order chi connectivity index (χ1) is 7.27. The van der Waals surface area contributed by atoms with Crippen LogP contribution in [0.1, 0.15) is 15.9 Å². The maximum atomic E-state index is 12.4. The predicted octanol–water partition coefficient (Wildman–Crippen LogP) is 2.31. The molecule has 3 nitrogen and oxygen atoms in total. The van der Waals surface area contributed by atoms with Crippen molar-refractivity contribution in [2.24, 2.45) is 5.73 Å². The highest BCUT2D eigenvalue weighted by Gasteiger charge is 2.32. The highest BCUT2D eigenvalue weighted by molar-refractivity contribution is 9.10. The maximum absolute atomic E-state index is 12.4. The number of carbonyl (C=O) groups excluding carboxylic acids is 1. The summed E-state index contributed by atoms with van der Waals surface area (Å²) in [6.45, 7) is -0.471. The molecule has 1 aromatic rings. The normalized spacial score (nSPS) is 11.6. The van der Waals surface area contributed by atoms with Crippen LogP contribution in [0.5, 0.6) is 5.75 Å². The number of Topliss-reactive ketones (excluding diaryl/α,β-unsaturated/α-hetero) is 1. The molecule has 0 heterocycles. The second kappa shape index (κ2) is 4.42. The third-order valence-corrected chi connectivity index (χ3v) is 2.48. The number of hydrogen-bond acceptors (Lipinski definition) is 3. The zero-order valence-electron chi connectivity index (χ0n) is 7.81. The van der Waals surface area contributed by atoms with Gasteiger partial charge in [0.15, 0.2) is 5.78 Å². The lowest BCUT2D eigenvalue weighted by Gasteiger charge is -2.11. The molecule has 0 aliphatic heterocycles. The van der Waals surface area contributed by atoms with Gasteiger partial charge in [0.2, 0.25) is 0 Å². The van der Waals surface area contributed by atoms with Crippen LogP contribution in [0.4, 0.5) is 13.2 Å². The monoisotopic (exact) mass is 297 g/mol. The van der Waals surface area contributed by atoms with Gasteiger partial charge in [-0.15, -0.1) is 0 Å². The quantitative estimate of drug-likeness (QED) is 0.824. The number of nitrogens with two attached hydrogens (primary N) is 1. The SMILES string of the molecule is NCC(=O)c1cc(C(F)(F)F)cc(Br)c1O. The van der Waals surface area contributed by atoms with Gasteiger partial charge in [0.05, 0.1) is 22.1 Å². The molecular weight excluding hydrogens is 291 g/mol. The summed E-state index contributed by atoms with van der Waals surface area (Å²) in [7, 11) is 0. The first-order valence-corrected chi connectivity index (χ1v) is 4.89. The minimum absolute atomic E-state index is 0.195. The van der Waals surface area contributed by atoms with Crippen molar-refractivity contribution in [2.45, 2.75) is 6.18 Å². The molecule has 88 valence electrons. The third kappa shape index (κ3) is 2.53. The van der Waals surface area contributed by atoms with Gasteiger partial charge in [0.25, 0.3) is 0 Å². The van der Waals surface area contributed by atoms with Gasteiger partial charge in [-0.05, 0) is 28.1 Å². The van der Waals surface area contributed by atoms with E-state index in [4.69, 9.17) is 5.73 Å². The summed E-state index contributed by atoms with van der Waals surface area (Å²) >= 11 is 2.74. The van der Waals surface area contributed by atoms with Crippen LogP contribution in [0.2, 0.25) is 0 Å². The van der Waals surface area contributed by atoms with Crippen LogP contribution in [0.3, 0.4) is 0 Å². The second-order valence-electron chi connectivity index (χ2n) is 2.98. The summed E-state index contributed by atoms with van der Waals surface area (Å²) in [5, 5.41) is 9.40. The average molecular weight is 298 g/mol. The van der Waals surface area contributed by atoms with Gasteiger partial charge in [0.1, 0.15) is 5.75 Å². The molecule has 1 aromatic carbocycles. The summed E-state index contributed by atoms with van der Waals surface area (Å²) < 4.78 is 37.0. The van der Waals surface area contributed by atoms with E-state index >= 15 is 0 Å². The molecule has 0 radical (unpaired) electrons. The minimum Gasteiger partial charge on any atom is -0.506 e. The number of hydrogen-bond donors (Lipinski definition) is 2. The molecule has 0 saturated heterocycles. The molecule has 0 atom stereocenters.